The second kappa shape index (κ2) is 5.56. The van der Waals surface area contributed by atoms with E-state index >= 15 is 0 Å². The minimum Gasteiger partial charge on any atom is -0.355 e. The Morgan fingerprint density at radius 1 is 0.957 bits per heavy atom. The van der Waals surface area contributed by atoms with Gasteiger partial charge in [-0.05, 0) is 66.8 Å². The van der Waals surface area contributed by atoms with Gasteiger partial charge in [-0.3, -0.25) is 0 Å². The maximum Gasteiger partial charge on any atom is 0.148 e. The number of nitrogens with one attached hydrogen (secondary N) is 2. The molecule has 0 fully saturated rings. The van der Waals surface area contributed by atoms with Crippen LogP contribution < -0.4 is 5.32 Å². The Morgan fingerprint density at radius 2 is 1.78 bits per heavy atom. The highest BCUT2D eigenvalue weighted by molar-refractivity contribution is 7.13. The van der Waals surface area contributed by atoms with Gasteiger partial charge in [-0.25, -0.2) is 4.98 Å². The molecule has 0 bridgehead atoms. The first-order valence-corrected chi connectivity index (χ1v) is 8.44. The van der Waals surface area contributed by atoms with Crippen LogP contribution in [0.2, 0.25) is 0 Å². The van der Waals surface area contributed by atoms with Gasteiger partial charge in [0, 0.05) is 11.4 Å². The molecule has 0 unspecified atom stereocenters. The molecule has 2 heterocycles. The van der Waals surface area contributed by atoms with E-state index in [1.54, 1.807) is 11.3 Å². The first-order valence-electron chi connectivity index (χ1n) is 7.56. The lowest BCUT2D eigenvalue weighted by Gasteiger charge is -2.08. The summed E-state index contributed by atoms with van der Waals surface area (Å²) in [6.45, 7) is 4.23. The van der Waals surface area contributed by atoms with Crippen molar-refractivity contribution in [1.29, 1.82) is 0 Å². The van der Waals surface area contributed by atoms with E-state index in [0.29, 0.717) is 0 Å². The van der Waals surface area contributed by atoms with Crippen LogP contribution in [0.15, 0.2) is 53.9 Å². The quantitative estimate of drug-likeness (QED) is 0.512. The molecule has 0 aliphatic rings. The lowest BCUT2D eigenvalue weighted by Crippen LogP contribution is -1.91. The predicted octanol–water partition coefficient (Wildman–Crippen LogP) is 5.65. The molecular formula is C19H17N3S. The molecule has 4 aromatic rings. The number of aromatic amines is 1. The molecule has 2 N–H and O–H groups in total. The molecule has 0 spiro atoms. The van der Waals surface area contributed by atoms with Gasteiger partial charge in [0.1, 0.15) is 5.82 Å². The number of hydrogen-bond acceptors (Lipinski definition) is 3. The molecule has 4 heteroatoms. The van der Waals surface area contributed by atoms with Gasteiger partial charge < -0.3 is 10.3 Å². The van der Waals surface area contributed by atoms with E-state index in [9.17, 15) is 0 Å². The van der Waals surface area contributed by atoms with Gasteiger partial charge in [0.15, 0.2) is 0 Å². The summed E-state index contributed by atoms with van der Waals surface area (Å²) >= 11 is 1.69. The van der Waals surface area contributed by atoms with Crippen LogP contribution in [0.3, 0.4) is 0 Å². The van der Waals surface area contributed by atoms with Gasteiger partial charge in [-0.15, -0.1) is 11.3 Å². The molecule has 0 radical (unpaired) electrons. The average molecular weight is 319 g/mol. The molecule has 114 valence electrons. The van der Waals surface area contributed by atoms with Gasteiger partial charge in [-0.1, -0.05) is 12.1 Å². The van der Waals surface area contributed by atoms with Gasteiger partial charge >= 0.3 is 0 Å². The molecule has 3 nitrogen and oxygen atoms in total. The number of rotatable bonds is 3. The molecule has 23 heavy (non-hydrogen) atoms. The van der Waals surface area contributed by atoms with Crippen LogP contribution >= 0.6 is 11.3 Å². The van der Waals surface area contributed by atoms with Crippen molar-refractivity contribution in [3.05, 3.63) is 65.0 Å². The van der Waals surface area contributed by atoms with Crippen LogP contribution in [-0.4, -0.2) is 9.97 Å². The van der Waals surface area contributed by atoms with Crippen molar-refractivity contribution >= 4 is 33.7 Å². The maximum absolute atomic E-state index is 4.66. The number of imidazole rings is 1. The highest BCUT2D eigenvalue weighted by atomic mass is 32.1. The molecule has 2 aromatic carbocycles. The zero-order valence-corrected chi connectivity index (χ0v) is 13.9. The number of H-pyrrole nitrogens is 1. The smallest absolute Gasteiger partial charge is 0.148 e. The molecule has 2 aromatic heterocycles. The number of aromatic nitrogens is 2. The zero-order chi connectivity index (χ0) is 15.8. The van der Waals surface area contributed by atoms with Gasteiger partial charge in [-0.2, -0.15) is 0 Å². The van der Waals surface area contributed by atoms with Crippen molar-refractivity contribution in [3.63, 3.8) is 0 Å². The predicted molar refractivity (Wildman–Crippen MR) is 98.6 cm³/mol. The standard InChI is InChI=1S/C19H17N3S/c1-12-8-13(2)10-15(9-12)20-14-5-6-16-17(11-14)22-19(21-16)18-4-3-7-23-18/h3-11,20H,1-2H3,(H,21,22). The number of aryl methyl sites for hydroxylation is 2. The maximum atomic E-state index is 4.66. The SMILES string of the molecule is Cc1cc(C)cc(Nc2ccc3nc(-c4cccs4)[nH]c3c2)c1. The fourth-order valence-electron chi connectivity index (χ4n) is 2.83. The van der Waals surface area contributed by atoms with E-state index in [1.807, 2.05) is 12.1 Å². The molecule has 4 rings (SSSR count). The first kappa shape index (κ1) is 14.0. The minimum absolute atomic E-state index is 0.929. The fourth-order valence-corrected chi connectivity index (χ4v) is 3.50. The highest BCUT2D eigenvalue weighted by Crippen LogP contribution is 2.27. The third-order valence-electron chi connectivity index (χ3n) is 3.75. The summed E-state index contributed by atoms with van der Waals surface area (Å²) in [6.07, 6.45) is 0. The molecule has 0 amide bonds. The van der Waals surface area contributed by atoms with E-state index in [4.69, 9.17) is 0 Å². The van der Waals surface area contributed by atoms with E-state index in [2.05, 4.69) is 70.9 Å². The second-order valence-electron chi connectivity index (χ2n) is 5.80. The highest BCUT2D eigenvalue weighted by Gasteiger charge is 2.07. The summed E-state index contributed by atoms with van der Waals surface area (Å²) in [4.78, 5) is 9.22. The Kier molecular flexibility index (Phi) is 3.39. The van der Waals surface area contributed by atoms with Crippen molar-refractivity contribution in [2.75, 3.05) is 5.32 Å². The molecule has 0 saturated heterocycles. The van der Waals surface area contributed by atoms with E-state index < -0.39 is 0 Å². The van der Waals surface area contributed by atoms with Crippen molar-refractivity contribution in [3.8, 4) is 10.7 Å². The van der Waals surface area contributed by atoms with Crippen LogP contribution in [0, 0.1) is 13.8 Å². The molecule has 0 saturated carbocycles. The van der Waals surface area contributed by atoms with Crippen LogP contribution in [-0.2, 0) is 0 Å². The molecule has 0 aliphatic carbocycles. The van der Waals surface area contributed by atoms with E-state index in [1.165, 1.54) is 11.1 Å². The summed E-state index contributed by atoms with van der Waals surface area (Å²) in [5, 5.41) is 5.54. The fraction of sp³-hybridized carbons (Fsp3) is 0.105. The van der Waals surface area contributed by atoms with Crippen molar-refractivity contribution < 1.29 is 0 Å². The molecule has 0 atom stereocenters. The van der Waals surface area contributed by atoms with E-state index in [0.717, 1.165) is 33.1 Å². The Labute approximate surface area is 139 Å². The Bertz CT molecular complexity index is 947. The second-order valence-corrected chi connectivity index (χ2v) is 6.74. The van der Waals surface area contributed by atoms with Gasteiger partial charge in [0.05, 0.1) is 15.9 Å². The Morgan fingerprint density at radius 3 is 2.52 bits per heavy atom. The van der Waals surface area contributed by atoms with Crippen molar-refractivity contribution in [2.45, 2.75) is 13.8 Å². The van der Waals surface area contributed by atoms with Crippen LogP contribution in [0.1, 0.15) is 11.1 Å². The monoisotopic (exact) mass is 319 g/mol. The largest absolute Gasteiger partial charge is 0.355 e. The van der Waals surface area contributed by atoms with Crippen LogP contribution in [0.4, 0.5) is 11.4 Å². The van der Waals surface area contributed by atoms with Crippen LogP contribution in [0.25, 0.3) is 21.7 Å². The number of hydrogen-bond donors (Lipinski definition) is 2. The Balaban J connectivity index is 1.68. The van der Waals surface area contributed by atoms with Crippen molar-refractivity contribution in [2.24, 2.45) is 0 Å². The summed E-state index contributed by atoms with van der Waals surface area (Å²) in [5.41, 5.74) is 6.72. The summed E-state index contributed by atoms with van der Waals surface area (Å²) in [6, 6.07) is 16.8. The third kappa shape index (κ3) is 2.85. The van der Waals surface area contributed by atoms with Crippen LogP contribution in [0.5, 0.6) is 0 Å². The van der Waals surface area contributed by atoms with Gasteiger partial charge in [0.25, 0.3) is 0 Å². The number of fused-ring (bicyclic) bond motifs is 1. The summed E-state index contributed by atoms with van der Waals surface area (Å²) in [5.74, 6) is 0.929. The average Bonchev–Trinajstić information content (AvgIpc) is 3.14. The van der Waals surface area contributed by atoms with Gasteiger partial charge in [0.2, 0.25) is 0 Å². The Hall–Kier alpha value is -2.59. The first-order chi connectivity index (χ1) is 11.2. The summed E-state index contributed by atoms with van der Waals surface area (Å²) in [7, 11) is 0. The lowest BCUT2D eigenvalue weighted by molar-refractivity contribution is 1.36. The normalized spacial score (nSPS) is 11.0. The molecule has 0 aliphatic heterocycles. The summed E-state index contributed by atoms with van der Waals surface area (Å²) < 4.78 is 0. The zero-order valence-electron chi connectivity index (χ0n) is 13.1. The van der Waals surface area contributed by atoms with E-state index in [-0.39, 0.29) is 0 Å². The lowest BCUT2D eigenvalue weighted by atomic mass is 10.1. The van der Waals surface area contributed by atoms with Crippen molar-refractivity contribution in [1.82, 2.24) is 9.97 Å². The number of benzene rings is 2. The number of anilines is 2. The number of nitrogens with zero attached hydrogens (tertiary/aromatic N) is 1. The number of thiophene rings is 1. The third-order valence-corrected chi connectivity index (χ3v) is 4.62. The molecular weight excluding hydrogens is 302 g/mol. The topological polar surface area (TPSA) is 40.7 Å². The minimum atomic E-state index is 0.929.